The van der Waals surface area contributed by atoms with Crippen LogP contribution in [-0.2, 0) is 4.79 Å². The molecule has 0 bridgehead atoms. The summed E-state index contributed by atoms with van der Waals surface area (Å²) in [5.74, 6) is -1.09. The lowest BCUT2D eigenvalue weighted by molar-refractivity contribution is -0.143. The van der Waals surface area contributed by atoms with E-state index in [1.54, 1.807) is 17.0 Å². The van der Waals surface area contributed by atoms with Gasteiger partial charge in [0.15, 0.2) is 0 Å². The first-order valence-electron chi connectivity index (χ1n) is 5.85. The Kier molecular flexibility index (Phi) is 4.01. The van der Waals surface area contributed by atoms with Gasteiger partial charge in [-0.15, -0.1) is 0 Å². The molecule has 0 aromatic heterocycles. The van der Waals surface area contributed by atoms with Crippen molar-refractivity contribution in [3.8, 4) is 0 Å². The smallest absolute Gasteiger partial charge is 0.306 e. The fraction of sp³-hybridized carbons (Fsp3) is 0.385. The van der Waals surface area contributed by atoms with Crippen LogP contribution in [0.5, 0.6) is 0 Å². The lowest BCUT2D eigenvalue weighted by atomic mass is 9.96. The number of likely N-dealkylation sites (tertiary alicyclic amines) is 1. The van der Waals surface area contributed by atoms with Gasteiger partial charge in [0, 0.05) is 23.1 Å². The SMILES string of the molecule is O=C(O)C1CCN(C(=O)c2ccc(Br)cc2)CC1. The van der Waals surface area contributed by atoms with Crippen LogP contribution in [0.2, 0.25) is 0 Å². The number of nitrogens with zero attached hydrogens (tertiary/aromatic N) is 1. The Bertz CT molecular complexity index is 450. The highest BCUT2D eigenvalue weighted by atomic mass is 79.9. The minimum absolute atomic E-state index is 0.0219. The molecule has 1 amide bonds. The third-order valence-corrected chi connectivity index (χ3v) is 3.75. The fourth-order valence-corrected chi connectivity index (χ4v) is 2.37. The molecule has 1 aliphatic rings. The van der Waals surface area contributed by atoms with Crippen molar-refractivity contribution in [3.05, 3.63) is 34.3 Å². The summed E-state index contributed by atoms with van der Waals surface area (Å²) in [6, 6.07) is 7.21. The van der Waals surface area contributed by atoms with Gasteiger partial charge < -0.3 is 10.0 Å². The Balaban J connectivity index is 1.99. The number of benzene rings is 1. The topological polar surface area (TPSA) is 57.6 Å². The molecule has 1 saturated heterocycles. The standard InChI is InChI=1S/C13H14BrNO3/c14-11-3-1-9(2-4-11)12(16)15-7-5-10(6-8-15)13(17)18/h1-4,10H,5-8H2,(H,17,18). The summed E-state index contributed by atoms with van der Waals surface area (Å²) in [4.78, 5) is 24.7. The number of carboxylic acid groups (broad SMARTS) is 1. The summed E-state index contributed by atoms with van der Waals surface area (Å²) >= 11 is 3.32. The van der Waals surface area contributed by atoms with E-state index in [4.69, 9.17) is 5.11 Å². The van der Waals surface area contributed by atoms with Crippen LogP contribution in [0.1, 0.15) is 23.2 Å². The predicted octanol–water partition coefficient (Wildman–Crippen LogP) is 2.39. The molecule has 0 atom stereocenters. The number of hydrogen-bond acceptors (Lipinski definition) is 2. The second-order valence-electron chi connectivity index (χ2n) is 4.41. The summed E-state index contributed by atoms with van der Waals surface area (Å²) in [6.07, 6.45) is 1.08. The molecule has 0 saturated carbocycles. The maximum atomic E-state index is 12.2. The molecule has 0 spiro atoms. The molecular formula is C13H14BrNO3. The van der Waals surface area contributed by atoms with Crippen molar-refractivity contribution >= 4 is 27.8 Å². The molecule has 1 heterocycles. The van der Waals surface area contributed by atoms with Gasteiger partial charge in [0.05, 0.1) is 5.92 Å². The third-order valence-electron chi connectivity index (χ3n) is 3.22. The van der Waals surface area contributed by atoms with Gasteiger partial charge in [-0.05, 0) is 37.1 Å². The molecule has 0 radical (unpaired) electrons. The molecule has 18 heavy (non-hydrogen) atoms. The van der Waals surface area contributed by atoms with Crippen molar-refractivity contribution in [1.82, 2.24) is 4.90 Å². The largest absolute Gasteiger partial charge is 0.481 e. The summed E-state index contributed by atoms with van der Waals surface area (Å²) < 4.78 is 0.934. The molecule has 96 valence electrons. The molecule has 5 heteroatoms. The van der Waals surface area contributed by atoms with Crippen molar-refractivity contribution in [2.24, 2.45) is 5.92 Å². The molecule has 0 unspecified atom stereocenters. The molecule has 0 aliphatic carbocycles. The van der Waals surface area contributed by atoms with Gasteiger partial charge in [-0.1, -0.05) is 15.9 Å². The van der Waals surface area contributed by atoms with Crippen LogP contribution in [0.4, 0.5) is 0 Å². The van der Waals surface area contributed by atoms with Gasteiger partial charge in [0.2, 0.25) is 0 Å². The number of halogens is 1. The van der Waals surface area contributed by atoms with E-state index < -0.39 is 5.97 Å². The number of rotatable bonds is 2. The second-order valence-corrected chi connectivity index (χ2v) is 5.33. The number of hydrogen-bond donors (Lipinski definition) is 1. The summed E-state index contributed by atoms with van der Waals surface area (Å²) in [7, 11) is 0. The highest BCUT2D eigenvalue weighted by Crippen LogP contribution is 2.20. The van der Waals surface area contributed by atoms with E-state index in [0.717, 1.165) is 4.47 Å². The van der Waals surface area contributed by atoms with Crippen LogP contribution >= 0.6 is 15.9 Å². The number of amides is 1. The number of aliphatic carboxylic acids is 1. The van der Waals surface area contributed by atoms with Crippen LogP contribution in [0.15, 0.2) is 28.7 Å². The zero-order valence-corrected chi connectivity index (χ0v) is 11.4. The Morgan fingerprint density at radius 3 is 2.22 bits per heavy atom. The van der Waals surface area contributed by atoms with Crippen molar-refractivity contribution in [1.29, 1.82) is 0 Å². The number of piperidine rings is 1. The molecule has 2 rings (SSSR count). The van der Waals surface area contributed by atoms with Crippen LogP contribution in [0.25, 0.3) is 0 Å². The van der Waals surface area contributed by atoms with E-state index in [1.165, 1.54) is 0 Å². The Labute approximate surface area is 114 Å². The van der Waals surface area contributed by atoms with Gasteiger partial charge in [-0.25, -0.2) is 0 Å². The minimum Gasteiger partial charge on any atom is -0.481 e. The average Bonchev–Trinajstić information content (AvgIpc) is 2.39. The maximum Gasteiger partial charge on any atom is 0.306 e. The molecule has 1 aliphatic heterocycles. The number of carbonyl (C=O) groups is 2. The Morgan fingerprint density at radius 1 is 1.17 bits per heavy atom. The second kappa shape index (κ2) is 5.52. The quantitative estimate of drug-likeness (QED) is 0.912. The Hall–Kier alpha value is -1.36. The zero-order chi connectivity index (χ0) is 13.1. The summed E-state index contributed by atoms with van der Waals surface area (Å²) in [5, 5.41) is 8.90. The van der Waals surface area contributed by atoms with E-state index in [2.05, 4.69) is 15.9 Å². The lowest BCUT2D eigenvalue weighted by Gasteiger charge is -2.30. The fourth-order valence-electron chi connectivity index (χ4n) is 2.10. The van der Waals surface area contributed by atoms with E-state index >= 15 is 0 Å². The third kappa shape index (κ3) is 2.90. The van der Waals surface area contributed by atoms with Crippen molar-refractivity contribution in [2.75, 3.05) is 13.1 Å². The first-order valence-corrected chi connectivity index (χ1v) is 6.65. The van der Waals surface area contributed by atoms with Crippen molar-refractivity contribution in [3.63, 3.8) is 0 Å². The first-order chi connectivity index (χ1) is 8.58. The maximum absolute atomic E-state index is 12.2. The number of carbonyl (C=O) groups excluding carboxylic acids is 1. The molecule has 1 aromatic rings. The normalized spacial score (nSPS) is 16.6. The predicted molar refractivity (Wildman–Crippen MR) is 70.4 cm³/mol. The summed E-state index contributed by atoms with van der Waals surface area (Å²) in [6.45, 7) is 1.04. The van der Waals surface area contributed by atoms with E-state index in [0.29, 0.717) is 31.5 Å². The lowest BCUT2D eigenvalue weighted by Crippen LogP contribution is -2.40. The molecule has 1 fully saturated rings. The highest BCUT2D eigenvalue weighted by molar-refractivity contribution is 9.10. The molecule has 4 nitrogen and oxygen atoms in total. The zero-order valence-electron chi connectivity index (χ0n) is 9.80. The number of carboxylic acids is 1. The van der Waals surface area contributed by atoms with Gasteiger partial charge in [0.25, 0.3) is 5.91 Å². The minimum atomic E-state index is -0.759. The van der Waals surface area contributed by atoms with Gasteiger partial charge in [-0.2, -0.15) is 0 Å². The monoisotopic (exact) mass is 311 g/mol. The molecule has 1 N–H and O–H groups in total. The van der Waals surface area contributed by atoms with E-state index in [-0.39, 0.29) is 11.8 Å². The first kappa shape index (κ1) is 13.1. The Morgan fingerprint density at radius 2 is 1.72 bits per heavy atom. The van der Waals surface area contributed by atoms with Crippen LogP contribution in [-0.4, -0.2) is 35.0 Å². The highest BCUT2D eigenvalue weighted by Gasteiger charge is 2.27. The molecular weight excluding hydrogens is 298 g/mol. The van der Waals surface area contributed by atoms with Gasteiger partial charge in [0.1, 0.15) is 0 Å². The molecule has 1 aromatic carbocycles. The van der Waals surface area contributed by atoms with Crippen LogP contribution < -0.4 is 0 Å². The van der Waals surface area contributed by atoms with Crippen molar-refractivity contribution < 1.29 is 14.7 Å². The van der Waals surface area contributed by atoms with E-state index in [1.807, 2.05) is 12.1 Å². The van der Waals surface area contributed by atoms with Gasteiger partial charge >= 0.3 is 5.97 Å². The van der Waals surface area contributed by atoms with Crippen LogP contribution in [0.3, 0.4) is 0 Å². The summed E-state index contributed by atoms with van der Waals surface area (Å²) in [5.41, 5.74) is 0.645. The van der Waals surface area contributed by atoms with E-state index in [9.17, 15) is 9.59 Å². The van der Waals surface area contributed by atoms with Crippen LogP contribution in [0, 0.1) is 5.92 Å². The average molecular weight is 312 g/mol. The van der Waals surface area contributed by atoms with Gasteiger partial charge in [-0.3, -0.25) is 9.59 Å². The van der Waals surface area contributed by atoms with Crippen molar-refractivity contribution in [2.45, 2.75) is 12.8 Å².